The van der Waals surface area contributed by atoms with Crippen LogP contribution >= 0.6 is 0 Å². The molecule has 1 aliphatic heterocycles. The van der Waals surface area contributed by atoms with Gasteiger partial charge in [0.15, 0.2) is 0 Å². The number of carbonyl (C=O) groups is 1. The summed E-state index contributed by atoms with van der Waals surface area (Å²) in [7, 11) is 2.16. The molecular weight excluding hydrogens is 214 g/mol. The molecule has 0 radical (unpaired) electrons. The van der Waals surface area contributed by atoms with Gasteiger partial charge >= 0.3 is 0 Å². The van der Waals surface area contributed by atoms with E-state index < -0.39 is 0 Å². The number of hydrogen-bond donors (Lipinski definition) is 2. The topological polar surface area (TPSA) is 44.4 Å². The molecule has 2 atom stereocenters. The number of hydrogen-bond acceptors (Lipinski definition) is 3. The first-order chi connectivity index (χ1) is 8.18. The first kappa shape index (κ1) is 12.8. The number of amides is 1. The maximum Gasteiger partial charge on any atom is 0.224 e. The zero-order chi connectivity index (χ0) is 12.3. The SMILES string of the molecule is CC(CNC(=O)[C@H]1CCCNC1)N(C)C1CC1. The summed E-state index contributed by atoms with van der Waals surface area (Å²) >= 11 is 0. The second-order valence-electron chi connectivity index (χ2n) is 5.53. The third kappa shape index (κ3) is 3.68. The van der Waals surface area contributed by atoms with Crippen LogP contribution in [-0.2, 0) is 4.79 Å². The molecule has 1 heterocycles. The average Bonchev–Trinajstić information content (AvgIpc) is 3.20. The van der Waals surface area contributed by atoms with Crippen LogP contribution in [0.3, 0.4) is 0 Å². The molecule has 2 N–H and O–H groups in total. The summed E-state index contributed by atoms with van der Waals surface area (Å²) in [5.74, 6) is 0.412. The normalized spacial score (nSPS) is 26.9. The largest absolute Gasteiger partial charge is 0.354 e. The van der Waals surface area contributed by atoms with Crippen molar-refractivity contribution in [2.75, 3.05) is 26.7 Å². The van der Waals surface area contributed by atoms with E-state index in [9.17, 15) is 4.79 Å². The number of rotatable bonds is 5. The van der Waals surface area contributed by atoms with E-state index in [0.29, 0.717) is 6.04 Å². The maximum atomic E-state index is 11.9. The summed E-state index contributed by atoms with van der Waals surface area (Å²) in [6, 6.07) is 1.21. The second kappa shape index (κ2) is 5.83. The summed E-state index contributed by atoms with van der Waals surface area (Å²) in [6.07, 6.45) is 4.80. The Morgan fingerprint density at radius 3 is 2.82 bits per heavy atom. The smallest absolute Gasteiger partial charge is 0.224 e. The highest BCUT2D eigenvalue weighted by Crippen LogP contribution is 2.26. The Morgan fingerprint density at radius 1 is 1.47 bits per heavy atom. The highest BCUT2D eigenvalue weighted by molar-refractivity contribution is 5.79. The van der Waals surface area contributed by atoms with Crippen LogP contribution in [0.5, 0.6) is 0 Å². The molecule has 1 aliphatic carbocycles. The predicted molar refractivity (Wildman–Crippen MR) is 68.9 cm³/mol. The van der Waals surface area contributed by atoms with Crippen molar-refractivity contribution < 1.29 is 4.79 Å². The minimum absolute atomic E-state index is 0.183. The fraction of sp³-hybridized carbons (Fsp3) is 0.923. The Morgan fingerprint density at radius 2 is 2.24 bits per heavy atom. The van der Waals surface area contributed by atoms with Crippen LogP contribution in [0.15, 0.2) is 0 Å². The second-order valence-corrected chi connectivity index (χ2v) is 5.53. The van der Waals surface area contributed by atoms with Gasteiger partial charge in [-0.1, -0.05) is 0 Å². The molecule has 4 heteroatoms. The summed E-state index contributed by atoms with van der Waals surface area (Å²) in [5, 5.41) is 6.38. The lowest BCUT2D eigenvalue weighted by Gasteiger charge is -2.27. The molecule has 1 saturated heterocycles. The number of nitrogens with one attached hydrogen (secondary N) is 2. The van der Waals surface area contributed by atoms with Crippen molar-refractivity contribution in [2.45, 2.75) is 44.7 Å². The predicted octanol–water partition coefficient (Wildman–Crippen LogP) is 0.585. The van der Waals surface area contributed by atoms with E-state index in [1.807, 2.05) is 0 Å². The van der Waals surface area contributed by atoms with Crippen LogP contribution in [0, 0.1) is 5.92 Å². The average molecular weight is 239 g/mol. The third-order valence-corrected chi connectivity index (χ3v) is 4.06. The summed E-state index contributed by atoms with van der Waals surface area (Å²) in [6.45, 7) is 4.88. The summed E-state index contributed by atoms with van der Waals surface area (Å²) in [4.78, 5) is 14.3. The minimum Gasteiger partial charge on any atom is -0.354 e. The van der Waals surface area contributed by atoms with E-state index in [4.69, 9.17) is 0 Å². The Labute approximate surface area is 104 Å². The molecule has 98 valence electrons. The molecule has 4 nitrogen and oxygen atoms in total. The van der Waals surface area contributed by atoms with E-state index >= 15 is 0 Å². The van der Waals surface area contributed by atoms with E-state index in [1.54, 1.807) is 0 Å². The van der Waals surface area contributed by atoms with Gasteiger partial charge in [-0.2, -0.15) is 0 Å². The first-order valence-electron chi connectivity index (χ1n) is 6.89. The molecule has 1 saturated carbocycles. The molecule has 1 amide bonds. The van der Waals surface area contributed by atoms with Gasteiger partial charge in [-0.05, 0) is 46.2 Å². The van der Waals surface area contributed by atoms with Crippen molar-refractivity contribution in [1.29, 1.82) is 0 Å². The van der Waals surface area contributed by atoms with Crippen molar-refractivity contribution >= 4 is 5.91 Å². The highest BCUT2D eigenvalue weighted by Gasteiger charge is 2.29. The molecular formula is C13H25N3O. The first-order valence-corrected chi connectivity index (χ1v) is 6.89. The van der Waals surface area contributed by atoms with Crippen LogP contribution in [0.1, 0.15) is 32.6 Å². The number of piperidine rings is 1. The molecule has 2 aliphatic rings. The standard InChI is InChI=1S/C13H25N3O/c1-10(16(2)12-5-6-12)8-15-13(17)11-4-3-7-14-9-11/h10-12,14H,3-9H2,1-2H3,(H,15,17)/t10?,11-/m0/s1. The molecule has 0 aromatic rings. The Balaban J connectivity index is 1.67. The highest BCUT2D eigenvalue weighted by atomic mass is 16.1. The van der Waals surface area contributed by atoms with Gasteiger partial charge < -0.3 is 10.6 Å². The number of likely N-dealkylation sites (N-methyl/N-ethyl adjacent to an activating group) is 1. The lowest BCUT2D eigenvalue weighted by Crippen LogP contribution is -2.45. The Bertz CT molecular complexity index is 259. The van der Waals surface area contributed by atoms with Gasteiger partial charge in [-0.25, -0.2) is 0 Å². The molecule has 2 rings (SSSR count). The van der Waals surface area contributed by atoms with Gasteiger partial charge in [-0.15, -0.1) is 0 Å². The quantitative estimate of drug-likeness (QED) is 0.738. The maximum absolute atomic E-state index is 11.9. The molecule has 0 bridgehead atoms. The molecule has 0 aromatic heterocycles. The van der Waals surface area contributed by atoms with Crippen molar-refractivity contribution in [3.63, 3.8) is 0 Å². The van der Waals surface area contributed by atoms with E-state index in [2.05, 4.69) is 29.5 Å². The molecule has 1 unspecified atom stereocenters. The lowest BCUT2D eigenvalue weighted by molar-refractivity contribution is -0.125. The van der Waals surface area contributed by atoms with Crippen molar-refractivity contribution in [2.24, 2.45) is 5.92 Å². The van der Waals surface area contributed by atoms with Gasteiger partial charge in [0.25, 0.3) is 0 Å². The fourth-order valence-electron chi connectivity index (χ4n) is 2.45. The van der Waals surface area contributed by atoms with E-state index in [0.717, 1.165) is 38.5 Å². The molecule has 2 fully saturated rings. The molecule has 0 aromatic carbocycles. The van der Waals surface area contributed by atoms with Crippen LogP contribution < -0.4 is 10.6 Å². The van der Waals surface area contributed by atoms with Crippen molar-refractivity contribution in [3.8, 4) is 0 Å². The number of nitrogens with zero attached hydrogens (tertiary/aromatic N) is 1. The Hall–Kier alpha value is -0.610. The van der Waals surface area contributed by atoms with Gasteiger partial charge in [0.05, 0.1) is 5.92 Å². The molecule has 17 heavy (non-hydrogen) atoms. The molecule has 0 spiro atoms. The van der Waals surface area contributed by atoms with E-state index in [-0.39, 0.29) is 11.8 Å². The third-order valence-electron chi connectivity index (χ3n) is 4.06. The van der Waals surface area contributed by atoms with Gasteiger partial charge in [0, 0.05) is 25.2 Å². The summed E-state index contributed by atoms with van der Waals surface area (Å²) in [5.41, 5.74) is 0. The monoisotopic (exact) mass is 239 g/mol. The van der Waals surface area contributed by atoms with E-state index in [1.165, 1.54) is 12.8 Å². The van der Waals surface area contributed by atoms with Crippen molar-refractivity contribution in [1.82, 2.24) is 15.5 Å². The minimum atomic E-state index is 0.183. The fourth-order valence-corrected chi connectivity index (χ4v) is 2.45. The number of carbonyl (C=O) groups excluding carboxylic acids is 1. The van der Waals surface area contributed by atoms with Crippen LogP contribution in [0.4, 0.5) is 0 Å². The van der Waals surface area contributed by atoms with Crippen molar-refractivity contribution in [3.05, 3.63) is 0 Å². The lowest BCUT2D eigenvalue weighted by atomic mass is 9.99. The zero-order valence-corrected chi connectivity index (χ0v) is 11.0. The van der Waals surface area contributed by atoms with Crippen LogP contribution in [-0.4, -0.2) is 49.6 Å². The Kier molecular flexibility index (Phi) is 4.40. The van der Waals surface area contributed by atoms with Crippen LogP contribution in [0.25, 0.3) is 0 Å². The van der Waals surface area contributed by atoms with Gasteiger partial charge in [0.2, 0.25) is 5.91 Å². The zero-order valence-electron chi connectivity index (χ0n) is 11.0. The van der Waals surface area contributed by atoms with Gasteiger partial charge in [0.1, 0.15) is 0 Å². The van der Waals surface area contributed by atoms with Gasteiger partial charge in [-0.3, -0.25) is 9.69 Å². The summed E-state index contributed by atoms with van der Waals surface area (Å²) < 4.78 is 0. The van der Waals surface area contributed by atoms with Crippen LogP contribution in [0.2, 0.25) is 0 Å².